The molecule has 1 saturated carbocycles. The minimum atomic E-state index is -1.38. The summed E-state index contributed by atoms with van der Waals surface area (Å²) in [6, 6.07) is 2.16. The Bertz CT molecular complexity index is 558. The lowest BCUT2D eigenvalue weighted by Gasteiger charge is -2.38. The molecule has 1 aliphatic carbocycles. The third-order valence-electron chi connectivity index (χ3n) is 5.50. The maximum Gasteiger partial charge on any atom is 0.330 e. The molecule has 1 rings (SSSR count). The number of ketones is 1. The van der Waals surface area contributed by atoms with Crippen LogP contribution in [0.2, 0.25) is 0 Å². The van der Waals surface area contributed by atoms with Crippen LogP contribution in [0.1, 0.15) is 73.6 Å². The van der Waals surface area contributed by atoms with E-state index in [4.69, 9.17) is 4.74 Å². The fraction of sp³-hybridized carbons (Fsp3) is 0.773. The lowest BCUT2D eigenvalue weighted by molar-refractivity contribution is -0.163. The quantitative estimate of drug-likeness (QED) is 0.446. The van der Waals surface area contributed by atoms with Gasteiger partial charge in [-0.25, -0.2) is 4.79 Å². The van der Waals surface area contributed by atoms with Crippen molar-refractivity contribution in [3.63, 3.8) is 0 Å². The fourth-order valence-corrected chi connectivity index (χ4v) is 3.66. The number of hydrogen-bond acceptors (Lipinski definition) is 4. The molecule has 1 unspecified atom stereocenters. The highest BCUT2D eigenvalue weighted by atomic mass is 16.5. The molecule has 26 heavy (non-hydrogen) atoms. The van der Waals surface area contributed by atoms with E-state index < -0.39 is 11.4 Å². The molecule has 1 aliphatic rings. The largest absolute Gasteiger partial charge is 0.461 e. The van der Waals surface area contributed by atoms with Crippen LogP contribution < -0.4 is 0 Å². The molecule has 0 aliphatic heterocycles. The lowest BCUT2D eigenvalue weighted by Crippen LogP contribution is -2.40. The zero-order valence-electron chi connectivity index (χ0n) is 17.2. The van der Waals surface area contributed by atoms with Gasteiger partial charge in [0.25, 0.3) is 0 Å². The Morgan fingerprint density at radius 2 is 1.92 bits per heavy atom. The van der Waals surface area contributed by atoms with Crippen molar-refractivity contribution >= 4 is 11.8 Å². The predicted molar refractivity (Wildman–Crippen MR) is 103 cm³/mol. The molecule has 1 fully saturated rings. The molecule has 0 spiro atoms. The topological polar surface area (TPSA) is 67.2 Å². The average Bonchev–Trinajstić information content (AvgIpc) is 2.54. The van der Waals surface area contributed by atoms with Crippen molar-refractivity contribution in [3.8, 4) is 6.07 Å². The van der Waals surface area contributed by atoms with Gasteiger partial charge in [-0.3, -0.25) is 4.79 Å². The monoisotopic (exact) mass is 361 g/mol. The first-order valence-corrected chi connectivity index (χ1v) is 9.93. The zero-order valence-corrected chi connectivity index (χ0v) is 17.2. The summed E-state index contributed by atoms with van der Waals surface area (Å²) >= 11 is 0. The molecule has 0 aromatic heterocycles. The van der Waals surface area contributed by atoms with Gasteiger partial charge in [0.1, 0.15) is 6.10 Å². The molecule has 0 saturated heterocycles. The van der Waals surface area contributed by atoms with Gasteiger partial charge in [-0.05, 0) is 68.4 Å². The summed E-state index contributed by atoms with van der Waals surface area (Å²) in [5, 5.41) is 9.82. The van der Waals surface area contributed by atoms with Crippen LogP contribution in [-0.2, 0) is 14.3 Å². The molecular formula is C22H35NO3. The van der Waals surface area contributed by atoms with Gasteiger partial charge in [-0.15, -0.1) is 0 Å². The first-order chi connectivity index (χ1) is 12.1. The Morgan fingerprint density at radius 3 is 2.42 bits per heavy atom. The minimum Gasteiger partial charge on any atom is -0.461 e. The number of ether oxygens (including phenoxy) is 1. The van der Waals surface area contributed by atoms with Crippen molar-refractivity contribution in [1.82, 2.24) is 0 Å². The van der Waals surface area contributed by atoms with E-state index in [2.05, 4.69) is 40.7 Å². The molecular weight excluding hydrogens is 326 g/mol. The third-order valence-corrected chi connectivity index (χ3v) is 5.50. The van der Waals surface area contributed by atoms with Gasteiger partial charge >= 0.3 is 5.97 Å². The van der Waals surface area contributed by atoms with Crippen LogP contribution in [0.3, 0.4) is 0 Å². The lowest BCUT2D eigenvalue weighted by atomic mass is 9.75. The van der Waals surface area contributed by atoms with Gasteiger partial charge in [0.05, 0.1) is 6.07 Å². The molecule has 0 amide bonds. The number of hydrogen-bond donors (Lipinski definition) is 0. The maximum absolute atomic E-state index is 13.1. The highest BCUT2D eigenvalue weighted by Gasteiger charge is 2.42. The standard InChI is InChI=1S/C22H35NO3/c1-15(2)9-11-22(14-23,12-10-18(6)24)21(25)26-20-13-17(5)7-8-19(20)16(3)4/h10,12,15-17,19-20H,7-9,11,13H2,1-6H3/b12-10+/t17-,19+,20-,22?/m1/s1. The van der Waals surface area contributed by atoms with E-state index in [1.165, 1.54) is 19.1 Å². The van der Waals surface area contributed by atoms with Gasteiger partial charge < -0.3 is 4.74 Å². The summed E-state index contributed by atoms with van der Waals surface area (Å²) < 4.78 is 5.93. The highest BCUT2D eigenvalue weighted by Crippen LogP contribution is 2.38. The van der Waals surface area contributed by atoms with Crippen LogP contribution >= 0.6 is 0 Å². The van der Waals surface area contributed by atoms with Crippen LogP contribution in [0.5, 0.6) is 0 Å². The molecule has 0 bridgehead atoms. The molecule has 0 aromatic carbocycles. The highest BCUT2D eigenvalue weighted by molar-refractivity contribution is 5.90. The van der Waals surface area contributed by atoms with Gasteiger partial charge in [-0.1, -0.05) is 41.0 Å². The molecule has 0 radical (unpaired) electrons. The van der Waals surface area contributed by atoms with E-state index in [-0.39, 0.29) is 11.9 Å². The number of allylic oxidation sites excluding steroid dienone is 1. The smallest absolute Gasteiger partial charge is 0.330 e. The Labute approximate surface area is 159 Å². The van der Waals surface area contributed by atoms with E-state index in [0.29, 0.717) is 30.1 Å². The van der Waals surface area contributed by atoms with E-state index in [9.17, 15) is 14.9 Å². The zero-order chi connectivity index (χ0) is 19.9. The second-order valence-corrected chi connectivity index (χ2v) is 8.73. The number of esters is 1. The Kier molecular flexibility index (Phi) is 8.53. The van der Waals surface area contributed by atoms with Gasteiger partial charge in [-0.2, -0.15) is 5.26 Å². The summed E-state index contributed by atoms with van der Waals surface area (Å²) in [5.41, 5.74) is -1.38. The first-order valence-electron chi connectivity index (χ1n) is 9.93. The van der Waals surface area contributed by atoms with Crippen molar-refractivity contribution in [2.24, 2.45) is 29.1 Å². The molecule has 4 nitrogen and oxygen atoms in total. The molecule has 0 aromatic rings. The SMILES string of the molecule is CC(=O)/C=C/C(C#N)(CCC(C)C)C(=O)O[C@@H]1C[C@H](C)CC[C@H]1C(C)C. The van der Waals surface area contributed by atoms with Crippen LogP contribution in [-0.4, -0.2) is 17.9 Å². The normalized spacial score (nSPS) is 25.9. The Balaban J connectivity index is 3.05. The van der Waals surface area contributed by atoms with Crippen molar-refractivity contribution < 1.29 is 14.3 Å². The van der Waals surface area contributed by atoms with Crippen LogP contribution in [0.4, 0.5) is 0 Å². The van der Waals surface area contributed by atoms with Gasteiger partial charge in [0.15, 0.2) is 11.2 Å². The molecule has 0 heterocycles. The fourth-order valence-electron chi connectivity index (χ4n) is 3.66. The molecule has 146 valence electrons. The van der Waals surface area contributed by atoms with E-state index in [1.54, 1.807) is 0 Å². The third kappa shape index (κ3) is 6.27. The Hall–Kier alpha value is -1.63. The summed E-state index contributed by atoms with van der Waals surface area (Å²) in [4.78, 5) is 24.5. The van der Waals surface area contributed by atoms with Crippen molar-refractivity contribution in [3.05, 3.63) is 12.2 Å². The van der Waals surface area contributed by atoms with Crippen LogP contribution in [0.15, 0.2) is 12.2 Å². The van der Waals surface area contributed by atoms with Gasteiger partial charge in [0.2, 0.25) is 0 Å². The summed E-state index contributed by atoms with van der Waals surface area (Å²) in [7, 11) is 0. The van der Waals surface area contributed by atoms with Crippen LogP contribution in [0.25, 0.3) is 0 Å². The molecule has 4 heteroatoms. The van der Waals surface area contributed by atoms with E-state index in [0.717, 1.165) is 25.7 Å². The van der Waals surface area contributed by atoms with Crippen molar-refractivity contribution in [2.75, 3.05) is 0 Å². The summed E-state index contributed by atoms with van der Waals surface area (Å²) in [6.45, 7) is 12.0. The summed E-state index contributed by atoms with van der Waals surface area (Å²) in [5.74, 6) is 0.965. The number of nitrogens with zero attached hydrogens (tertiary/aromatic N) is 1. The maximum atomic E-state index is 13.1. The average molecular weight is 362 g/mol. The Morgan fingerprint density at radius 1 is 1.27 bits per heavy atom. The van der Waals surface area contributed by atoms with Crippen molar-refractivity contribution in [1.29, 1.82) is 5.26 Å². The molecule has 0 N–H and O–H groups in total. The number of carbonyl (C=O) groups is 2. The molecule has 4 atom stereocenters. The van der Waals surface area contributed by atoms with Crippen LogP contribution in [0, 0.1) is 40.4 Å². The first kappa shape index (κ1) is 22.4. The number of carbonyl (C=O) groups excluding carboxylic acids is 2. The predicted octanol–water partition coefficient (Wildman–Crippen LogP) is 5.08. The van der Waals surface area contributed by atoms with E-state index >= 15 is 0 Å². The second-order valence-electron chi connectivity index (χ2n) is 8.73. The van der Waals surface area contributed by atoms with E-state index in [1.807, 2.05) is 0 Å². The summed E-state index contributed by atoms with van der Waals surface area (Å²) in [6.07, 6.45) is 6.77. The van der Waals surface area contributed by atoms with Crippen molar-refractivity contribution in [2.45, 2.75) is 79.8 Å². The number of rotatable bonds is 8. The van der Waals surface area contributed by atoms with Gasteiger partial charge in [0, 0.05) is 0 Å². The minimum absolute atomic E-state index is 0.149. The number of nitriles is 1. The second kappa shape index (κ2) is 9.90.